The largest absolute Gasteiger partial charge is 0.397 e. The minimum atomic E-state index is -3.88. The number of nitrogens with zero attached hydrogens (tertiary/aromatic N) is 2. The first-order valence-electron chi connectivity index (χ1n) is 14.2. The predicted molar refractivity (Wildman–Crippen MR) is 176 cm³/mol. The highest BCUT2D eigenvalue weighted by Gasteiger charge is 2.26. The number of aromatic nitrogens is 1. The molecule has 2 aromatic carbocycles. The summed E-state index contributed by atoms with van der Waals surface area (Å²) in [4.78, 5) is 17.3. The van der Waals surface area contributed by atoms with Gasteiger partial charge in [0, 0.05) is 68.5 Å². The number of aryl methyl sites for hydroxylation is 1. The third kappa shape index (κ3) is 11.0. The van der Waals surface area contributed by atoms with Gasteiger partial charge in [-0.3, -0.25) is 18.9 Å². The number of rotatable bonds is 16. The van der Waals surface area contributed by atoms with Crippen LogP contribution in [0.25, 0.3) is 6.08 Å². The van der Waals surface area contributed by atoms with Gasteiger partial charge in [0.1, 0.15) is 0 Å². The minimum Gasteiger partial charge on any atom is -0.397 e. The minimum absolute atomic E-state index is 0.0520. The maximum Gasteiger partial charge on any atom is 0.243 e. The molecule has 1 amide bonds. The van der Waals surface area contributed by atoms with E-state index in [1.54, 1.807) is 31.5 Å². The van der Waals surface area contributed by atoms with Crippen LogP contribution < -0.4 is 16.4 Å². The zero-order chi connectivity index (χ0) is 31.5. The van der Waals surface area contributed by atoms with Crippen molar-refractivity contribution in [3.63, 3.8) is 0 Å². The van der Waals surface area contributed by atoms with Crippen LogP contribution in [0.1, 0.15) is 37.9 Å². The summed E-state index contributed by atoms with van der Waals surface area (Å²) in [6, 6.07) is 19.5. The summed E-state index contributed by atoms with van der Waals surface area (Å²) in [5, 5.41) is 5.82. The van der Waals surface area contributed by atoms with Gasteiger partial charge in [0.2, 0.25) is 15.9 Å². The molecule has 234 valence electrons. The van der Waals surface area contributed by atoms with Crippen LogP contribution in [0.4, 0.5) is 11.4 Å². The van der Waals surface area contributed by atoms with Crippen LogP contribution in [0.2, 0.25) is 0 Å². The molecular formula is C31H43N5O5S2. The first-order valence-corrected chi connectivity index (χ1v) is 17.5. The van der Waals surface area contributed by atoms with E-state index >= 15 is 0 Å². The lowest BCUT2D eigenvalue weighted by Gasteiger charge is -2.32. The Morgan fingerprint density at radius 1 is 1.02 bits per heavy atom. The zero-order valence-corrected chi connectivity index (χ0v) is 26.6. The van der Waals surface area contributed by atoms with Crippen molar-refractivity contribution in [1.82, 2.24) is 14.6 Å². The number of benzene rings is 2. The fourth-order valence-corrected chi connectivity index (χ4v) is 7.27. The molecule has 0 radical (unpaired) electrons. The maximum absolute atomic E-state index is 13.7. The number of amides is 1. The van der Waals surface area contributed by atoms with E-state index in [9.17, 15) is 22.3 Å². The number of nitrogens with one attached hydrogen (secondary N) is 2. The van der Waals surface area contributed by atoms with Gasteiger partial charge < -0.3 is 16.4 Å². The molecule has 1 aromatic heterocycles. The van der Waals surface area contributed by atoms with Crippen LogP contribution in [0.5, 0.6) is 0 Å². The summed E-state index contributed by atoms with van der Waals surface area (Å²) >= 11 is 0. The van der Waals surface area contributed by atoms with Gasteiger partial charge in [-0.1, -0.05) is 50.2 Å². The van der Waals surface area contributed by atoms with Gasteiger partial charge >= 0.3 is 0 Å². The quantitative estimate of drug-likeness (QED) is 0.134. The van der Waals surface area contributed by atoms with Crippen molar-refractivity contribution in [1.29, 1.82) is 0 Å². The van der Waals surface area contributed by atoms with E-state index in [1.165, 1.54) is 16.4 Å². The molecule has 0 unspecified atom stereocenters. The molecule has 3 aromatic rings. The molecule has 0 aliphatic heterocycles. The fraction of sp³-hybridized carbons (Fsp3) is 0.355. The van der Waals surface area contributed by atoms with E-state index in [0.717, 1.165) is 11.3 Å². The number of anilines is 2. The standard InChI is InChI=1S/C31H43N5O5S2/c1-24(2)23-36(43(40,41)28-12-13-30(33-3)29(32)22-28)18-14-27(21-25-9-5-4-6-10-25)35-31(37)16-20-42(38,39)19-15-26-11-7-8-17-34-26/h4-13,17,21-22,24,33,38-39H,14-16,18-20,23,32H2,1-3H3,(H,35,37)/b27-21-. The highest BCUT2D eigenvalue weighted by molar-refractivity contribution is 8.24. The Labute approximate surface area is 256 Å². The Morgan fingerprint density at radius 3 is 2.37 bits per heavy atom. The van der Waals surface area contributed by atoms with Crippen LogP contribution in [-0.4, -0.2) is 64.4 Å². The second kappa shape index (κ2) is 15.9. The first kappa shape index (κ1) is 34.1. The van der Waals surface area contributed by atoms with E-state index in [2.05, 4.69) is 15.6 Å². The van der Waals surface area contributed by atoms with Crippen LogP contribution >= 0.6 is 10.6 Å². The van der Waals surface area contributed by atoms with E-state index in [0.29, 0.717) is 23.5 Å². The van der Waals surface area contributed by atoms with E-state index in [1.807, 2.05) is 56.3 Å². The van der Waals surface area contributed by atoms with Gasteiger partial charge in [-0.15, -0.1) is 0 Å². The average Bonchev–Trinajstić information content (AvgIpc) is 2.98. The molecule has 10 nitrogen and oxygen atoms in total. The highest BCUT2D eigenvalue weighted by atomic mass is 32.3. The molecule has 6 N–H and O–H groups in total. The molecule has 0 atom stereocenters. The van der Waals surface area contributed by atoms with Crippen LogP contribution in [0.3, 0.4) is 0 Å². The number of pyridine rings is 1. The van der Waals surface area contributed by atoms with Crippen molar-refractivity contribution >= 4 is 44.0 Å². The second-order valence-corrected chi connectivity index (χ2v) is 15.0. The molecule has 0 aliphatic rings. The number of nitrogens with two attached hydrogens (primary N) is 1. The Hall–Kier alpha value is -3.42. The lowest BCUT2D eigenvalue weighted by atomic mass is 10.1. The third-order valence-electron chi connectivity index (χ3n) is 6.64. The van der Waals surface area contributed by atoms with Crippen molar-refractivity contribution in [2.24, 2.45) is 5.92 Å². The fourth-order valence-electron chi connectivity index (χ4n) is 4.38. The van der Waals surface area contributed by atoms with Crippen LogP contribution in [0.15, 0.2) is 83.5 Å². The maximum atomic E-state index is 13.7. The Morgan fingerprint density at radius 2 is 1.74 bits per heavy atom. The van der Waals surface area contributed by atoms with Crippen molar-refractivity contribution < 1.29 is 22.3 Å². The number of carbonyl (C=O) groups is 1. The summed E-state index contributed by atoms with van der Waals surface area (Å²) in [5.41, 5.74) is 9.14. The van der Waals surface area contributed by atoms with Gasteiger partial charge in [0.25, 0.3) is 0 Å². The summed E-state index contributed by atoms with van der Waals surface area (Å²) in [5.74, 6) is -0.293. The van der Waals surface area contributed by atoms with E-state index in [4.69, 9.17) is 5.73 Å². The zero-order valence-electron chi connectivity index (χ0n) is 24.9. The molecule has 0 aliphatic carbocycles. The Kier molecular flexibility index (Phi) is 12.6. The summed E-state index contributed by atoms with van der Waals surface area (Å²) in [6.45, 7) is 4.28. The average molecular weight is 630 g/mol. The highest BCUT2D eigenvalue weighted by Crippen LogP contribution is 2.39. The van der Waals surface area contributed by atoms with Crippen molar-refractivity contribution in [3.05, 3.63) is 89.9 Å². The molecule has 0 saturated heterocycles. The lowest BCUT2D eigenvalue weighted by molar-refractivity contribution is -0.120. The van der Waals surface area contributed by atoms with Crippen molar-refractivity contribution in [2.75, 3.05) is 42.7 Å². The Balaban J connectivity index is 1.73. The molecule has 1 heterocycles. The predicted octanol–water partition coefficient (Wildman–Crippen LogP) is 5.28. The number of carbonyl (C=O) groups excluding carboxylic acids is 1. The monoisotopic (exact) mass is 629 g/mol. The van der Waals surface area contributed by atoms with Crippen LogP contribution in [0, 0.1) is 5.92 Å². The normalized spacial score (nSPS) is 12.9. The van der Waals surface area contributed by atoms with Crippen LogP contribution in [-0.2, 0) is 21.2 Å². The molecule has 12 heteroatoms. The van der Waals surface area contributed by atoms with Crippen molar-refractivity contribution in [2.45, 2.75) is 38.0 Å². The van der Waals surface area contributed by atoms with E-state index in [-0.39, 0.29) is 54.2 Å². The van der Waals surface area contributed by atoms with E-state index < -0.39 is 20.6 Å². The summed E-state index contributed by atoms with van der Waals surface area (Å²) in [6.07, 6.45) is 3.98. The van der Waals surface area contributed by atoms with Gasteiger partial charge in [-0.05, 0) is 47.9 Å². The third-order valence-corrected chi connectivity index (χ3v) is 10.2. The molecule has 3 rings (SSSR count). The number of hydrogen-bond donors (Lipinski definition) is 5. The number of nitrogen functional groups attached to an aromatic ring is 1. The lowest BCUT2D eigenvalue weighted by Crippen LogP contribution is -2.36. The summed E-state index contributed by atoms with van der Waals surface area (Å²) in [7, 11) is -5.16. The number of hydrogen-bond acceptors (Lipinski definition) is 8. The molecule has 0 bridgehead atoms. The smallest absolute Gasteiger partial charge is 0.243 e. The van der Waals surface area contributed by atoms with Gasteiger partial charge in [0.05, 0.1) is 16.3 Å². The van der Waals surface area contributed by atoms with Gasteiger partial charge in [-0.2, -0.15) is 14.9 Å². The number of sulfonamides is 1. The second-order valence-electron chi connectivity index (χ2n) is 10.7. The van der Waals surface area contributed by atoms with Gasteiger partial charge in [-0.25, -0.2) is 8.42 Å². The molecule has 43 heavy (non-hydrogen) atoms. The van der Waals surface area contributed by atoms with Gasteiger partial charge in [0.15, 0.2) is 0 Å². The van der Waals surface area contributed by atoms with Crippen molar-refractivity contribution in [3.8, 4) is 0 Å². The summed E-state index contributed by atoms with van der Waals surface area (Å²) < 4.78 is 49.8. The molecule has 0 saturated carbocycles. The molecule has 0 spiro atoms. The Bertz CT molecular complexity index is 1470. The molecule has 0 fully saturated rings. The molecular weight excluding hydrogens is 587 g/mol. The first-order chi connectivity index (χ1) is 20.4. The topological polar surface area (TPSA) is 158 Å². The SMILES string of the molecule is CNc1ccc(S(=O)(=O)N(CC/C(=C/c2ccccc2)NC(=O)CCS(O)(O)CCc2ccccn2)CC(C)C)cc1N.